The van der Waals surface area contributed by atoms with Gasteiger partial charge in [0.2, 0.25) is 0 Å². The highest BCUT2D eigenvalue weighted by molar-refractivity contribution is 4.91. The smallest absolute Gasteiger partial charge is 0.00673 e. The Kier molecular flexibility index (Phi) is 3.71. The lowest BCUT2D eigenvalue weighted by atomic mass is 9.98. The average Bonchev–Trinajstić information content (AvgIpc) is 2.99. The third-order valence-electron chi connectivity index (χ3n) is 4.59. The molecule has 2 unspecified atom stereocenters. The molecule has 2 aliphatic carbocycles. The molecular weight excluding hydrogens is 182 g/mol. The third-order valence-corrected chi connectivity index (χ3v) is 4.59. The second-order valence-corrected chi connectivity index (χ2v) is 6.17. The number of rotatable bonds is 4. The second-order valence-electron chi connectivity index (χ2n) is 6.17. The molecule has 15 heavy (non-hydrogen) atoms. The van der Waals surface area contributed by atoms with E-state index in [1.807, 2.05) is 0 Å². The zero-order chi connectivity index (χ0) is 10.7. The second kappa shape index (κ2) is 4.86. The Labute approximate surface area is 95.0 Å². The molecule has 2 atom stereocenters. The lowest BCUT2D eigenvalue weighted by Gasteiger charge is -2.19. The summed E-state index contributed by atoms with van der Waals surface area (Å²) in [5.74, 6) is 1.02. The minimum Gasteiger partial charge on any atom is -0.313 e. The van der Waals surface area contributed by atoms with Crippen LogP contribution in [0.5, 0.6) is 0 Å². The summed E-state index contributed by atoms with van der Waals surface area (Å²) >= 11 is 0. The van der Waals surface area contributed by atoms with E-state index in [4.69, 9.17) is 0 Å². The normalized spacial score (nSPS) is 34.8. The van der Waals surface area contributed by atoms with E-state index in [-0.39, 0.29) is 0 Å². The predicted octanol–water partition coefficient (Wildman–Crippen LogP) is 3.74. The Morgan fingerprint density at radius 3 is 2.60 bits per heavy atom. The van der Waals surface area contributed by atoms with Gasteiger partial charge in [0, 0.05) is 12.6 Å². The van der Waals surface area contributed by atoms with E-state index < -0.39 is 0 Å². The van der Waals surface area contributed by atoms with Crippen LogP contribution >= 0.6 is 0 Å². The van der Waals surface area contributed by atoms with Gasteiger partial charge in [0.1, 0.15) is 0 Å². The van der Waals surface area contributed by atoms with Crippen LogP contribution in [0.4, 0.5) is 0 Å². The Balaban J connectivity index is 1.68. The van der Waals surface area contributed by atoms with Gasteiger partial charge in [-0.25, -0.2) is 0 Å². The van der Waals surface area contributed by atoms with Crippen molar-refractivity contribution in [2.24, 2.45) is 11.3 Å². The van der Waals surface area contributed by atoms with Crippen LogP contribution in [0.25, 0.3) is 0 Å². The van der Waals surface area contributed by atoms with E-state index in [0.29, 0.717) is 5.41 Å². The molecule has 0 saturated heterocycles. The van der Waals surface area contributed by atoms with E-state index in [1.165, 1.54) is 57.9 Å². The summed E-state index contributed by atoms with van der Waals surface area (Å²) in [6.07, 6.45) is 11.5. The molecule has 88 valence electrons. The van der Waals surface area contributed by atoms with Crippen LogP contribution in [-0.4, -0.2) is 12.6 Å². The summed E-state index contributed by atoms with van der Waals surface area (Å²) in [4.78, 5) is 0. The zero-order valence-electron chi connectivity index (χ0n) is 10.5. The minimum atomic E-state index is 0.677. The molecular formula is C14H27N. The summed E-state index contributed by atoms with van der Waals surface area (Å²) < 4.78 is 0. The summed E-state index contributed by atoms with van der Waals surface area (Å²) in [6.45, 7) is 6.05. The van der Waals surface area contributed by atoms with E-state index in [1.54, 1.807) is 0 Å². The molecule has 1 heteroatoms. The van der Waals surface area contributed by atoms with E-state index in [9.17, 15) is 0 Å². The van der Waals surface area contributed by atoms with Gasteiger partial charge in [-0.1, -0.05) is 33.1 Å². The highest BCUT2D eigenvalue weighted by Crippen LogP contribution is 2.44. The molecule has 0 aromatic carbocycles. The van der Waals surface area contributed by atoms with Gasteiger partial charge >= 0.3 is 0 Å². The first-order valence-corrected chi connectivity index (χ1v) is 6.95. The quantitative estimate of drug-likeness (QED) is 0.696. The largest absolute Gasteiger partial charge is 0.313 e. The number of hydrogen-bond donors (Lipinski definition) is 1. The summed E-state index contributed by atoms with van der Waals surface area (Å²) in [5.41, 5.74) is 0.677. The fraction of sp³-hybridized carbons (Fsp3) is 1.00. The topological polar surface area (TPSA) is 12.0 Å². The molecule has 0 aromatic heterocycles. The molecule has 0 aromatic rings. The van der Waals surface area contributed by atoms with Crippen molar-refractivity contribution in [3.05, 3.63) is 0 Å². The summed E-state index contributed by atoms with van der Waals surface area (Å²) in [5, 5.41) is 3.81. The van der Waals surface area contributed by atoms with Gasteiger partial charge in [-0.3, -0.25) is 0 Å². The van der Waals surface area contributed by atoms with Crippen molar-refractivity contribution in [3.8, 4) is 0 Å². The summed E-state index contributed by atoms with van der Waals surface area (Å²) in [6, 6.07) is 0.832. The monoisotopic (exact) mass is 209 g/mol. The molecule has 1 N–H and O–H groups in total. The van der Waals surface area contributed by atoms with E-state index in [2.05, 4.69) is 19.2 Å². The Morgan fingerprint density at radius 2 is 1.93 bits per heavy atom. The first-order valence-electron chi connectivity index (χ1n) is 6.95. The third kappa shape index (κ3) is 3.48. The van der Waals surface area contributed by atoms with Crippen LogP contribution in [0, 0.1) is 11.3 Å². The molecule has 0 bridgehead atoms. The highest BCUT2D eigenvalue weighted by Gasteiger charge is 2.37. The SMILES string of the molecule is CCC1CCCC(NCC2(C)CC2)CC1. The molecule has 2 saturated carbocycles. The van der Waals surface area contributed by atoms with Gasteiger partial charge in [0.05, 0.1) is 0 Å². The van der Waals surface area contributed by atoms with Crippen LogP contribution < -0.4 is 5.32 Å². The highest BCUT2D eigenvalue weighted by atomic mass is 14.9. The van der Waals surface area contributed by atoms with Crippen LogP contribution in [0.2, 0.25) is 0 Å². The van der Waals surface area contributed by atoms with Crippen LogP contribution in [-0.2, 0) is 0 Å². The maximum atomic E-state index is 3.81. The maximum Gasteiger partial charge on any atom is 0.00673 e. The molecule has 0 amide bonds. The van der Waals surface area contributed by atoms with Gasteiger partial charge in [-0.15, -0.1) is 0 Å². The fourth-order valence-electron chi connectivity index (χ4n) is 2.77. The van der Waals surface area contributed by atoms with Crippen molar-refractivity contribution in [2.75, 3.05) is 6.54 Å². The van der Waals surface area contributed by atoms with Gasteiger partial charge in [0.25, 0.3) is 0 Å². The summed E-state index contributed by atoms with van der Waals surface area (Å²) in [7, 11) is 0. The van der Waals surface area contributed by atoms with Crippen molar-refractivity contribution in [3.63, 3.8) is 0 Å². The van der Waals surface area contributed by atoms with Crippen molar-refractivity contribution in [2.45, 2.75) is 71.3 Å². The molecule has 0 aliphatic heterocycles. The first kappa shape index (κ1) is 11.4. The zero-order valence-corrected chi connectivity index (χ0v) is 10.5. The number of hydrogen-bond acceptors (Lipinski definition) is 1. The van der Waals surface area contributed by atoms with Crippen LogP contribution in [0.1, 0.15) is 65.2 Å². The Morgan fingerprint density at radius 1 is 1.13 bits per heavy atom. The lowest BCUT2D eigenvalue weighted by molar-refractivity contribution is 0.393. The molecule has 0 spiro atoms. The van der Waals surface area contributed by atoms with E-state index in [0.717, 1.165) is 12.0 Å². The lowest BCUT2D eigenvalue weighted by Crippen LogP contribution is -2.32. The molecule has 2 rings (SSSR count). The van der Waals surface area contributed by atoms with Crippen molar-refractivity contribution < 1.29 is 0 Å². The van der Waals surface area contributed by atoms with Gasteiger partial charge < -0.3 is 5.32 Å². The molecule has 2 fully saturated rings. The van der Waals surface area contributed by atoms with E-state index >= 15 is 0 Å². The van der Waals surface area contributed by atoms with Crippen LogP contribution in [0.3, 0.4) is 0 Å². The standard InChI is InChI=1S/C14H27N/c1-3-12-5-4-6-13(8-7-12)15-11-14(2)9-10-14/h12-13,15H,3-11H2,1-2H3. The molecule has 0 radical (unpaired) electrons. The van der Waals surface area contributed by atoms with Crippen molar-refractivity contribution in [1.82, 2.24) is 5.32 Å². The average molecular weight is 209 g/mol. The molecule has 2 aliphatic rings. The predicted molar refractivity (Wildman–Crippen MR) is 66.0 cm³/mol. The first-order chi connectivity index (χ1) is 7.22. The van der Waals surface area contributed by atoms with Gasteiger partial charge in [-0.2, -0.15) is 0 Å². The van der Waals surface area contributed by atoms with Gasteiger partial charge in [0.15, 0.2) is 0 Å². The van der Waals surface area contributed by atoms with Crippen molar-refractivity contribution >= 4 is 0 Å². The fourth-order valence-corrected chi connectivity index (χ4v) is 2.77. The molecule has 1 nitrogen and oxygen atoms in total. The minimum absolute atomic E-state index is 0.677. The van der Waals surface area contributed by atoms with Crippen LogP contribution in [0.15, 0.2) is 0 Å². The Hall–Kier alpha value is -0.0400. The maximum absolute atomic E-state index is 3.81. The Bertz CT molecular complexity index is 196. The molecule has 0 heterocycles. The van der Waals surface area contributed by atoms with Crippen molar-refractivity contribution in [1.29, 1.82) is 0 Å². The van der Waals surface area contributed by atoms with Gasteiger partial charge in [-0.05, 0) is 43.4 Å². The number of nitrogens with one attached hydrogen (secondary N) is 1.